The van der Waals surface area contributed by atoms with Crippen LogP contribution < -0.4 is 9.47 Å². The Kier molecular flexibility index (Phi) is 7.09. The van der Waals surface area contributed by atoms with Gasteiger partial charge in [0.2, 0.25) is 0 Å². The van der Waals surface area contributed by atoms with Crippen LogP contribution in [0.15, 0.2) is 77.4 Å². The number of benzene rings is 3. The highest BCUT2D eigenvalue weighted by Crippen LogP contribution is 2.35. The van der Waals surface area contributed by atoms with E-state index in [2.05, 4.69) is 16.6 Å². The van der Waals surface area contributed by atoms with Crippen molar-refractivity contribution in [2.45, 2.75) is 52.2 Å². The molecule has 0 unspecified atom stereocenters. The number of nitrogens with zero attached hydrogens (tertiary/aromatic N) is 2. The van der Waals surface area contributed by atoms with Crippen LogP contribution in [-0.2, 0) is 17.8 Å². The fourth-order valence-electron chi connectivity index (χ4n) is 4.68. The maximum atomic E-state index is 11.5. The molecule has 0 spiro atoms. The molecule has 5 aromatic rings. The number of rotatable bonds is 11. The molecule has 38 heavy (non-hydrogen) atoms. The van der Waals surface area contributed by atoms with E-state index in [4.69, 9.17) is 14.0 Å². The van der Waals surface area contributed by atoms with Crippen LogP contribution in [0.1, 0.15) is 39.2 Å². The number of aromatic nitrogens is 2. The van der Waals surface area contributed by atoms with Crippen molar-refractivity contribution in [3.63, 3.8) is 0 Å². The van der Waals surface area contributed by atoms with Gasteiger partial charge in [0, 0.05) is 29.3 Å². The standard InChI is InChI=1S/C31H32N2O5/c1-4-10-23-26(16-15-24-28(32-38-29(23)24)21-11-6-5-7-12-21)36-20-9-18-33-19-17-22-25(33)13-8-14-27(22)37-31(2,3)30(34)35/h5-8,11-17,19H,4,9-10,18,20H2,1-3H3,(H,34,35). The number of carboxylic acids is 1. The van der Waals surface area contributed by atoms with Crippen molar-refractivity contribution in [2.24, 2.45) is 0 Å². The SMILES string of the molecule is CCCc1c(OCCCn2ccc3c(OC(C)(C)C(=O)O)cccc32)ccc2c(-c3ccccc3)noc12. The van der Waals surface area contributed by atoms with Gasteiger partial charge in [0.1, 0.15) is 17.2 Å². The first-order chi connectivity index (χ1) is 18.4. The highest BCUT2D eigenvalue weighted by atomic mass is 16.5. The molecule has 0 saturated heterocycles. The molecule has 5 rings (SSSR count). The molecule has 196 valence electrons. The summed E-state index contributed by atoms with van der Waals surface area (Å²) >= 11 is 0. The molecule has 3 aromatic carbocycles. The lowest BCUT2D eigenvalue weighted by molar-refractivity contribution is -0.152. The van der Waals surface area contributed by atoms with Gasteiger partial charge in [0.25, 0.3) is 0 Å². The summed E-state index contributed by atoms with van der Waals surface area (Å²) in [5, 5.41) is 15.7. The van der Waals surface area contributed by atoms with E-state index in [0.29, 0.717) is 12.4 Å². The lowest BCUT2D eigenvalue weighted by atomic mass is 10.0. The zero-order chi connectivity index (χ0) is 26.7. The minimum absolute atomic E-state index is 0.545. The first kappa shape index (κ1) is 25.4. The van der Waals surface area contributed by atoms with Gasteiger partial charge in [-0.15, -0.1) is 0 Å². The normalized spacial score (nSPS) is 11.8. The Balaban J connectivity index is 1.29. The van der Waals surface area contributed by atoms with Crippen LogP contribution in [0.4, 0.5) is 0 Å². The van der Waals surface area contributed by atoms with Gasteiger partial charge in [-0.2, -0.15) is 0 Å². The zero-order valence-corrected chi connectivity index (χ0v) is 21.9. The van der Waals surface area contributed by atoms with E-state index >= 15 is 0 Å². The lowest BCUT2D eigenvalue weighted by Gasteiger charge is -2.22. The lowest BCUT2D eigenvalue weighted by Crippen LogP contribution is -2.37. The third-order valence-electron chi connectivity index (χ3n) is 6.70. The molecule has 0 amide bonds. The van der Waals surface area contributed by atoms with Gasteiger partial charge in [-0.25, -0.2) is 4.79 Å². The molecule has 7 nitrogen and oxygen atoms in total. The van der Waals surface area contributed by atoms with Gasteiger partial charge in [-0.05, 0) is 57.0 Å². The van der Waals surface area contributed by atoms with Crippen molar-refractivity contribution in [1.82, 2.24) is 9.72 Å². The largest absolute Gasteiger partial charge is 0.493 e. The number of aliphatic carboxylic acids is 1. The molecule has 2 heterocycles. The molecule has 0 saturated carbocycles. The Morgan fingerprint density at radius 3 is 2.58 bits per heavy atom. The van der Waals surface area contributed by atoms with Gasteiger partial charge in [-0.3, -0.25) is 0 Å². The molecule has 2 aromatic heterocycles. The second kappa shape index (κ2) is 10.6. The summed E-state index contributed by atoms with van der Waals surface area (Å²) in [5.41, 5.74) is 3.39. The Hall–Kier alpha value is -4.26. The first-order valence-corrected chi connectivity index (χ1v) is 13.0. The summed E-state index contributed by atoms with van der Waals surface area (Å²) < 4.78 is 20.0. The second-order valence-corrected chi connectivity index (χ2v) is 9.88. The van der Waals surface area contributed by atoms with Crippen LogP contribution in [0.2, 0.25) is 0 Å². The maximum Gasteiger partial charge on any atom is 0.347 e. The molecule has 0 aliphatic rings. The minimum Gasteiger partial charge on any atom is -0.493 e. The topological polar surface area (TPSA) is 86.7 Å². The van der Waals surface area contributed by atoms with Crippen LogP contribution in [0.25, 0.3) is 33.1 Å². The third kappa shape index (κ3) is 4.96. The van der Waals surface area contributed by atoms with E-state index in [9.17, 15) is 9.90 Å². The van der Waals surface area contributed by atoms with E-state index in [1.54, 1.807) is 19.9 Å². The highest BCUT2D eigenvalue weighted by Gasteiger charge is 2.30. The van der Waals surface area contributed by atoms with Gasteiger partial charge in [-0.1, -0.05) is 54.9 Å². The minimum atomic E-state index is -1.31. The molecule has 0 aliphatic carbocycles. The van der Waals surface area contributed by atoms with Crippen molar-refractivity contribution < 1.29 is 23.9 Å². The average molecular weight is 513 g/mol. The Morgan fingerprint density at radius 1 is 1.00 bits per heavy atom. The smallest absolute Gasteiger partial charge is 0.347 e. The fourth-order valence-corrected chi connectivity index (χ4v) is 4.68. The van der Waals surface area contributed by atoms with Crippen molar-refractivity contribution in [2.75, 3.05) is 6.61 Å². The molecule has 0 bridgehead atoms. The monoisotopic (exact) mass is 512 g/mol. The van der Waals surface area contributed by atoms with Gasteiger partial charge < -0.3 is 23.7 Å². The number of aryl methyl sites for hydroxylation is 2. The van der Waals surface area contributed by atoms with E-state index in [-0.39, 0.29) is 0 Å². The van der Waals surface area contributed by atoms with E-state index in [1.807, 2.05) is 66.9 Å². The number of carbonyl (C=O) groups is 1. The molecule has 1 N–H and O–H groups in total. The summed E-state index contributed by atoms with van der Waals surface area (Å²) in [7, 11) is 0. The van der Waals surface area contributed by atoms with Crippen LogP contribution in [-0.4, -0.2) is 33.0 Å². The number of fused-ring (bicyclic) bond motifs is 2. The van der Waals surface area contributed by atoms with Crippen molar-refractivity contribution >= 4 is 27.8 Å². The molecular formula is C31H32N2O5. The third-order valence-corrected chi connectivity index (χ3v) is 6.70. The Morgan fingerprint density at radius 2 is 1.82 bits per heavy atom. The molecule has 0 fully saturated rings. The second-order valence-electron chi connectivity index (χ2n) is 9.88. The summed E-state index contributed by atoms with van der Waals surface area (Å²) in [6.45, 7) is 6.54. The van der Waals surface area contributed by atoms with E-state index in [1.165, 1.54) is 0 Å². The Labute approximate surface area is 221 Å². The molecule has 0 aliphatic heterocycles. The number of hydrogen-bond acceptors (Lipinski definition) is 5. The molecular weight excluding hydrogens is 480 g/mol. The zero-order valence-electron chi connectivity index (χ0n) is 21.9. The van der Waals surface area contributed by atoms with Crippen LogP contribution in [0, 0.1) is 0 Å². The summed E-state index contributed by atoms with van der Waals surface area (Å²) in [4.78, 5) is 11.5. The summed E-state index contributed by atoms with van der Waals surface area (Å²) in [5.74, 6) is 0.386. The van der Waals surface area contributed by atoms with Crippen molar-refractivity contribution in [3.8, 4) is 22.8 Å². The van der Waals surface area contributed by atoms with Crippen molar-refractivity contribution in [1.29, 1.82) is 0 Å². The fraction of sp³-hybridized carbons (Fsp3) is 0.290. The first-order valence-electron chi connectivity index (χ1n) is 13.0. The average Bonchev–Trinajstić information content (AvgIpc) is 3.53. The molecule has 0 atom stereocenters. The Bertz CT molecular complexity index is 1570. The quantitative estimate of drug-likeness (QED) is 0.190. The highest BCUT2D eigenvalue weighted by molar-refractivity contribution is 5.94. The molecule has 0 radical (unpaired) electrons. The van der Waals surface area contributed by atoms with E-state index < -0.39 is 11.6 Å². The number of ether oxygens (including phenoxy) is 2. The van der Waals surface area contributed by atoms with Gasteiger partial charge in [0.15, 0.2) is 11.2 Å². The summed E-state index contributed by atoms with van der Waals surface area (Å²) in [6.07, 6.45) is 4.60. The maximum absolute atomic E-state index is 11.5. The predicted molar refractivity (Wildman–Crippen MR) is 148 cm³/mol. The van der Waals surface area contributed by atoms with E-state index in [0.717, 1.165) is 70.2 Å². The van der Waals surface area contributed by atoms with Crippen molar-refractivity contribution in [3.05, 3.63) is 78.5 Å². The molecule has 7 heteroatoms. The predicted octanol–water partition coefficient (Wildman–Crippen LogP) is 7.11. The van der Waals surface area contributed by atoms with Crippen LogP contribution >= 0.6 is 0 Å². The van der Waals surface area contributed by atoms with Crippen LogP contribution in [0.3, 0.4) is 0 Å². The van der Waals surface area contributed by atoms with Gasteiger partial charge in [0.05, 0.1) is 17.5 Å². The summed E-state index contributed by atoms with van der Waals surface area (Å²) in [6, 6.07) is 21.8. The number of hydrogen-bond donors (Lipinski definition) is 1. The van der Waals surface area contributed by atoms with Crippen LogP contribution in [0.5, 0.6) is 11.5 Å². The number of carboxylic acid groups (broad SMARTS) is 1. The van der Waals surface area contributed by atoms with Gasteiger partial charge >= 0.3 is 5.97 Å².